The van der Waals surface area contributed by atoms with Gasteiger partial charge in [-0.15, -0.1) is 15.3 Å². The Morgan fingerprint density at radius 2 is 1.27 bits per heavy atom. The molecule has 0 amide bonds. The van der Waals surface area contributed by atoms with Crippen LogP contribution in [0.2, 0.25) is 0 Å². The summed E-state index contributed by atoms with van der Waals surface area (Å²) in [5.74, 6) is -0.986. The molecule has 0 bridgehead atoms. The van der Waals surface area contributed by atoms with E-state index >= 15 is 0 Å². The van der Waals surface area contributed by atoms with Crippen molar-refractivity contribution in [2.24, 2.45) is 10.8 Å². The number of ether oxygens (including phenoxy) is 1. The van der Waals surface area contributed by atoms with E-state index in [2.05, 4.69) is 0 Å². The molecule has 2 heterocycles. The standard InChI is InChI=1S/C22H38N2O6/c1-19(2)13-23(14-20(3,4)18(19)27)30-17(26)10-9-16(25)29-15-11-21(5,6)24(28)22(7,8)12-15/h15,18H,9-14H2,1-8H3. The van der Waals surface area contributed by atoms with Gasteiger partial charge in [0.2, 0.25) is 0 Å². The van der Waals surface area contributed by atoms with Crippen LogP contribution >= 0.6 is 0 Å². The Hall–Kier alpha value is -1.22. The van der Waals surface area contributed by atoms with Gasteiger partial charge in [-0.1, -0.05) is 27.7 Å². The second-order valence-corrected chi connectivity index (χ2v) is 11.6. The highest BCUT2D eigenvalue weighted by Crippen LogP contribution is 2.41. The summed E-state index contributed by atoms with van der Waals surface area (Å²) in [5, 5.41) is 27.6. The van der Waals surface area contributed by atoms with Crippen LogP contribution < -0.4 is 0 Å². The summed E-state index contributed by atoms with van der Waals surface area (Å²) in [6.07, 6.45) is -0.397. The van der Waals surface area contributed by atoms with Crippen molar-refractivity contribution in [3.63, 3.8) is 0 Å². The molecule has 0 atom stereocenters. The van der Waals surface area contributed by atoms with Gasteiger partial charge in [-0.05, 0) is 27.7 Å². The van der Waals surface area contributed by atoms with Crippen molar-refractivity contribution in [1.29, 1.82) is 0 Å². The van der Waals surface area contributed by atoms with Gasteiger partial charge in [0.15, 0.2) is 0 Å². The number of hydrogen-bond acceptors (Lipinski definition) is 6. The Bertz CT molecular complexity index is 566. The van der Waals surface area contributed by atoms with E-state index in [1.807, 2.05) is 55.4 Å². The van der Waals surface area contributed by atoms with Crippen LogP contribution in [0.1, 0.15) is 81.1 Å². The summed E-state index contributed by atoms with van der Waals surface area (Å²) in [4.78, 5) is 30.0. The van der Waals surface area contributed by atoms with Crippen LogP contribution in [0.5, 0.6) is 0 Å². The lowest BCUT2D eigenvalue weighted by Crippen LogP contribution is -2.60. The minimum absolute atomic E-state index is 0.0813. The Morgan fingerprint density at radius 3 is 1.73 bits per heavy atom. The summed E-state index contributed by atoms with van der Waals surface area (Å²) < 4.78 is 5.56. The monoisotopic (exact) mass is 426 g/mol. The van der Waals surface area contributed by atoms with E-state index in [9.17, 15) is 19.9 Å². The Labute approximate surface area is 180 Å². The van der Waals surface area contributed by atoms with Crippen molar-refractivity contribution in [3.05, 3.63) is 0 Å². The van der Waals surface area contributed by atoms with Gasteiger partial charge in [0, 0.05) is 47.8 Å². The molecule has 0 unspecified atom stereocenters. The number of piperidine rings is 2. The molecule has 8 heteroatoms. The molecule has 30 heavy (non-hydrogen) atoms. The van der Waals surface area contributed by atoms with Crippen LogP contribution in [-0.4, -0.2) is 58.4 Å². The molecule has 2 fully saturated rings. The second kappa shape index (κ2) is 8.37. The molecule has 2 rings (SSSR count). The number of hydroxylamine groups is 4. The van der Waals surface area contributed by atoms with Crippen molar-refractivity contribution in [3.8, 4) is 0 Å². The first kappa shape index (κ1) is 25.0. The number of rotatable bonds is 5. The predicted octanol–water partition coefficient (Wildman–Crippen LogP) is 3.30. The van der Waals surface area contributed by atoms with E-state index < -0.39 is 40.0 Å². The number of nitrogens with zero attached hydrogens (tertiary/aromatic N) is 2. The first-order valence-corrected chi connectivity index (χ1v) is 10.7. The zero-order valence-electron chi connectivity index (χ0n) is 19.7. The fraction of sp³-hybridized carbons (Fsp3) is 0.909. The third-order valence-corrected chi connectivity index (χ3v) is 6.20. The van der Waals surface area contributed by atoms with Crippen molar-refractivity contribution in [2.45, 2.75) is 104 Å². The van der Waals surface area contributed by atoms with Crippen LogP contribution in [0.15, 0.2) is 0 Å². The quantitative estimate of drug-likeness (QED) is 0.626. The normalized spacial score (nSPS) is 26.9. The number of esters is 1. The molecule has 0 spiro atoms. The van der Waals surface area contributed by atoms with Gasteiger partial charge in [-0.2, -0.15) is 0 Å². The van der Waals surface area contributed by atoms with E-state index in [4.69, 9.17) is 9.57 Å². The van der Waals surface area contributed by atoms with E-state index in [-0.39, 0.29) is 18.9 Å². The topological polar surface area (TPSA) is 98.9 Å². The predicted molar refractivity (Wildman–Crippen MR) is 109 cm³/mol. The number of hydrogen-bond donors (Lipinski definition) is 0. The maximum absolute atomic E-state index is 12.5. The van der Waals surface area contributed by atoms with Crippen LogP contribution in [0.4, 0.5) is 0 Å². The molecule has 8 nitrogen and oxygen atoms in total. The van der Waals surface area contributed by atoms with Crippen molar-refractivity contribution < 1.29 is 29.5 Å². The first-order valence-electron chi connectivity index (χ1n) is 10.7. The molecular weight excluding hydrogens is 388 g/mol. The van der Waals surface area contributed by atoms with E-state index in [1.54, 1.807) is 0 Å². The lowest BCUT2D eigenvalue weighted by atomic mass is 9.69. The third kappa shape index (κ3) is 5.72. The molecule has 0 saturated carbocycles. The van der Waals surface area contributed by atoms with E-state index in [1.165, 1.54) is 5.06 Å². The largest absolute Gasteiger partial charge is 0.462 e. The zero-order chi connectivity index (χ0) is 23.1. The molecular formula is C22H38N2O6. The van der Waals surface area contributed by atoms with Gasteiger partial charge in [0.1, 0.15) is 12.2 Å². The molecule has 0 aliphatic carbocycles. The molecule has 2 radical (unpaired) electrons. The summed E-state index contributed by atoms with van der Waals surface area (Å²) in [7, 11) is 0. The summed E-state index contributed by atoms with van der Waals surface area (Å²) in [6, 6.07) is 0. The SMILES string of the molecule is CC1(C)CN(OC(=O)CCC(=O)OC2CC(C)(C)N([O])C(C)(C)C2)CC(C)(C)C1[O]. The van der Waals surface area contributed by atoms with Gasteiger partial charge in [-0.25, -0.2) is 5.11 Å². The van der Waals surface area contributed by atoms with Gasteiger partial charge >= 0.3 is 11.9 Å². The third-order valence-electron chi connectivity index (χ3n) is 6.20. The fourth-order valence-corrected chi connectivity index (χ4v) is 5.15. The maximum atomic E-state index is 12.5. The van der Waals surface area contributed by atoms with Crippen molar-refractivity contribution >= 4 is 11.9 Å². The Morgan fingerprint density at radius 1 is 0.833 bits per heavy atom. The molecule has 2 aliphatic rings. The van der Waals surface area contributed by atoms with Crippen molar-refractivity contribution in [1.82, 2.24) is 10.1 Å². The van der Waals surface area contributed by atoms with Gasteiger partial charge in [0.25, 0.3) is 0 Å². The summed E-state index contributed by atoms with van der Waals surface area (Å²) in [5.41, 5.74) is -2.31. The first-order chi connectivity index (χ1) is 13.5. The van der Waals surface area contributed by atoms with Crippen LogP contribution in [-0.2, 0) is 29.5 Å². The lowest BCUT2D eigenvalue weighted by molar-refractivity contribution is -0.299. The lowest BCUT2D eigenvalue weighted by Gasteiger charge is -2.49. The van der Waals surface area contributed by atoms with Gasteiger partial charge < -0.3 is 9.57 Å². The minimum atomic E-state index is -0.760. The number of carbonyl (C=O) groups excluding carboxylic acids is 2. The summed E-state index contributed by atoms with van der Waals surface area (Å²) >= 11 is 0. The molecule has 0 aromatic heterocycles. The maximum Gasteiger partial charge on any atom is 0.325 e. The average molecular weight is 427 g/mol. The van der Waals surface area contributed by atoms with Gasteiger partial charge in [-0.3, -0.25) is 9.59 Å². The summed E-state index contributed by atoms with van der Waals surface area (Å²) in [6.45, 7) is 15.6. The molecule has 0 aromatic carbocycles. The Balaban J connectivity index is 1.83. The van der Waals surface area contributed by atoms with Crippen LogP contribution in [0.3, 0.4) is 0 Å². The van der Waals surface area contributed by atoms with E-state index in [0.29, 0.717) is 25.9 Å². The molecule has 2 saturated heterocycles. The molecule has 2 aliphatic heterocycles. The second-order valence-electron chi connectivity index (χ2n) is 11.6. The number of carbonyl (C=O) groups is 2. The zero-order valence-corrected chi connectivity index (χ0v) is 19.7. The Kier molecular flexibility index (Phi) is 6.99. The van der Waals surface area contributed by atoms with Crippen molar-refractivity contribution in [2.75, 3.05) is 13.1 Å². The van der Waals surface area contributed by atoms with Gasteiger partial charge in [0.05, 0.1) is 12.8 Å². The van der Waals surface area contributed by atoms with E-state index in [0.717, 1.165) is 5.06 Å². The molecule has 0 aromatic rings. The minimum Gasteiger partial charge on any atom is -0.462 e. The molecule has 0 N–H and O–H groups in total. The average Bonchev–Trinajstić information content (AvgIpc) is 2.54. The highest BCUT2D eigenvalue weighted by atomic mass is 16.7. The van der Waals surface area contributed by atoms with Crippen LogP contribution in [0, 0.1) is 10.8 Å². The fourth-order valence-electron chi connectivity index (χ4n) is 5.15. The smallest absolute Gasteiger partial charge is 0.325 e. The highest BCUT2D eigenvalue weighted by Gasteiger charge is 2.49. The highest BCUT2D eigenvalue weighted by molar-refractivity contribution is 5.77. The molecule has 172 valence electrons. The van der Waals surface area contributed by atoms with Crippen LogP contribution in [0.25, 0.3) is 0 Å².